The van der Waals surface area contributed by atoms with E-state index < -0.39 is 0 Å². The van der Waals surface area contributed by atoms with Crippen LogP contribution in [0.25, 0.3) is 0 Å². The number of rotatable bonds is 6. The van der Waals surface area contributed by atoms with Crippen LogP contribution in [0.1, 0.15) is 24.6 Å². The van der Waals surface area contributed by atoms with Crippen LogP contribution in [0.5, 0.6) is 5.75 Å². The molecule has 1 aromatic heterocycles. The molecule has 8 heteroatoms. The summed E-state index contributed by atoms with van der Waals surface area (Å²) in [6.45, 7) is 10.9. The van der Waals surface area contributed by atoms with Crippen LogP contribution in [0.4, 0.5) is 5.69 Å². The molecule has 0 aliphatic carbocycles. The van der Waals surface area contributed by atoms with Crippen molar-refractivity contribution in [1.29, 1.82) is 0 Å². The van der Waals surface area contributed by atoms with Gasteiger partial charge in [-0.05, 0) is 55.8 Å². The third-order valence-electron chi connectivity index (χ3n) is 6.20. The number of aromatic hydroxyl groups is 1. The molecule has 2 N–H and O–H groups in total. The Morgan fingerprint density at radius 1 is 1.12 bits per heavy atom. The number of nitrogens with one attached hydrogen (secondary N) is 1. The first-order valence-electron chi connectivity index (χ1n) is 11.5. The SMILES string of the molecule is CCNC(=NCC1CCCN(Cc2cccs2)C1)N1CCN(c2ccccc2O)CC1.I. The number of piperidine rings is 1. The Balaban J connectivity index is 0.00000289. The molecule has 2 aliphatic rings. The van der Waals surface area contributed by atoms with Gasteiger partial charge in [0.25, 0.3) is 0 Å². The summed E-state index contributed by atoms with van der Waals surface area (Å²) in [5, 5.41) is 15.8. The molecule has 32 heavy (non-hydrogen) atoms. The fourth-order valence-corrected chi connectivity index (χ4v) is 5.35. The first kappa shape index (κ1) is 25.1. The Morgan fingerprint density at radius 3 is 2.66 bits per heavy atom. The number of hydrogen-bond acceptors (Lipinski definition) is 5. The quantitative estimate of drug-likeness (QED) is 0.312. The molecule has 4 rings (SSSR count). The van der Waals surface area contributed by atoms with E-state index in [1.165, 1.54) is 24.3 Å². The lowest BCUT2D eigenvalue weighted by molar-refractivity contribution is 0.172. The van der Waals surface area contributed by atoms with Crippen molar-refractivity contribution in [2.75, 3.05) is 57.3 Å². The minimum absolute atomic E-state index is 0. The van der Waals surface area contributed by atoms with Gasteiger partial charge in [0.05, 0.1) is 5.69 Å². The van der Waals surface area contributed by atoms with Gasteiger partial charge < -0.3 is 20.2 Å². The molecule has 1 unspecified atom stereocenters. The highest BCUT2D eigenvalue weighted by atomic mass is 127. The van der Waals surface area contributed by atoms with Crippen molar-refractivity contribution in [2.45, 2.75) is 26.3 Å². The van der Waals surface area contributed by atoms with Crippen molar-refractivity contribution in [1.82, 2.24) is 15.1 Å². The highest BCUT2D eigenvalue weighted by Gasteiger charge is 2.23. The summed E-state index contributed by atoms with van der Waals surface area (Å²) >= 11 is 1.86. The van der Waals surface area contributed by atoms with Crippen molar-refractivity contribution in [3.05, 3.63) is 46.7 Å². The maximum absolute atomic E-state index is 10.2. The second-order valence-corrected chi connectivity index (χ2v) is 9.51. The molecule has 176 valence electrons. The molecule has 0 spiro atoms. The van der Waals surface area contributed by atoms with Gasteiger partial charge in [-0.2, -0.15) is 0 Å². The van der Waals surface area contributed by atoms with Crippen LogP contribution in [-0.2, 0) is 6.54 Å². The molecule has 2 fully saturated rings. The number of thiophene rings is 1. The van der Waals surface area contributed by atoms with Crippen LogP contribution in [-0.4, -0.2) is 73.2 Å². The van der Waals surface area contributed by atoms with Gasteiger partial charge in [-0.15, -0.1) is 35.3 Å². The minimum Gasteiger partial charge on any atom is -0.506 e. The number of nitrogens with zero attached hydrogens (tertiary/aromatic N) is 4. The van der Waals surface area contributed by atoms with E-state index in [2.05, 4.69) is 44.5 Å². The largest absolute Gasteiger partial charge is 0.506 e. The Kier molecular flexibility index (Phi) is 9.92. The van der Waals surface area contributed by atoms with E-state index in [1.54, 1.807) is 6.07 Å². The number of phenolic OH excluding ortho intramolecular Hbond substituents is 1. The third-order valence-corrected chi connectivity index (χ3v) is 7.06. The van der Waals surface area contributed by atoms with E-state index in [0.29, 0.717) is 11.7 Å². The van der Waals surface area contributed by atoms with Crippen LogP contribution >= 0.6 is 35.3 Å². The maximum atomic E-state index is 10.2. The normalized spacial score (nSPS) is 20.2. The number of halogens is 1. The predicted molar refractivity (Wildman–Crippen MR) is 146 cm³/mol. The van der Waals surface area contributed by atoms with E-state index in [4.69, 9.17) is 4.99 Å². The lowest BCUT2D eigenvalue weighted by Gasteiger charge is -2.38. The summed E-state index contributed by atoms with van der Waals surface area (Å²) in [5.74, 6) is 2.03. The van der Waals surface area contributed by atoms with Gasteiger partial charge in [-0.3, -0.25) is 9.89 Å². The molecular formula is C24H36IN5OS. The number of guanidine groups is 1. The van der Waals surface area contributed by atoms with E-state index in [9.17, 15) is 5.11 Å². The van der Waals surface area contributed by atoms with Gasteiger partial charge in [0.2, 0.25) is 0 Å². The smallest absolute Gasteiger partial charge is 0.194 e. The Bertz CT molecular complexity index is 839. The molecule has 6 nitrogen and oxygen atoms in total. The molecule has 0 bridgehead atoms. The highest BCUT2D eigenvalue weighted by molar-refractivity contribution is 14.0. The molecule has 3 heterocycles. The molecular weight excluding hydrogens is 533 g/mol. The minimum atomic E-state index is 0. The monoisotopic (exact) mass is 569 g/mol. The highest BCUT2D eigenvalue weighted by Crippen LogP contribution is 2.27. The number of piperazine rings is 1. The van der Waals surface area contributed by atoms with Gasteiger partial charge in [0, 0.05) is 57.2 Å². The summed E-state index contributed by atoms with van der Waals surface area (Å²) in [7, 11) is 0. The average Bonchev–Trinajstić information content (AvgIpc) is 3.30. The predicted octanol–water partition coefficient (Wildman–Crippen LogP) is 4.07. The molecule has 1 atom stereocenters. The number of likely N-dealkylation sites (tertiary alicyclic amines) is 1. The molecule has 0 saturated carbocycles. The van der Waals surface area contributed by atoms with Crippen molar-refractivity contribution in [3.63, 3.8) is 0 Å². The van der Waals surface area contributed by atoms with E-state index in [0.717, 1.165) is 64.0 Å². The zero-order chi connectivity index (χ0) is 21.5. The van der Waals surface area contributed by atoms with Gasteiger partial charge in [0.1, 0.15) is 5.75 Å². The van der Waals surface area contributed by atoms with Crippen molar-refractivity contribution in [2.24, 2.45) is 10.9 Å². The Labute approximate surface area is 213 Å². The summed E-state index contributed by atoms with van der Waals surface area (Å²) < 4.78 is 0. The first-order chi connectivity index (χ1) is 15.2. The van der Waals surface area contributed by atoms with Crippen LogP contribution in [0.15, 0.2) is 46.8 Å². The van der Waals surface area contributed by atoms with E-state index in [1.807, 2.05) is 29.5 Å². The zero-order valence-electron chi connectivity index (χ0n) is 18.9. The second kappa shape index (κ2) is 12.6. The van der Waals surface area contributed by atoms with E-state index in [-0.39, 0.29) is 24.0 Å². The molecule has 0 radical (unpaired) electrons. The fourth-order valence-electron chi connectivity index (χ4n) is 4.60. The standard InChI is InChI=1S/C24H35N5OS.HI/c1-2-25-24(29-14-12-28(13-15-29)22-9-3-4-10-23(22)30)26-17-20-7-5-11-27(18-20)19-21-8-6-16-31-21;/h3-4,6,8-10,16,20,30H,2,5,7,11-15,17-19H2,1H3,(H,25,26);1H. The number of benzene rings is 1. The summed E-state index contributed by atoms with van der Waals surface area (Å²) in [4.78, 5) is 13.7. The zero-order valence-corrected chi connectivity index (χ0v) is 22.1. The number of hydrogen-bond donors (Lipinski definition) is 2. The first-order valence-corrected chi connectivity index (χ1v) is 12.4. The van der Waals surface area contributed by atoms with Crippen LogP contribution in [0, 0.1) is 5.92 Å². The molecule has 2 aliphatic heterocycles. The molecule has 2 saturated heterocycles. The third kappa shape index (κ3) is 6.74. The van der Waals surface area contributed by atoms with Crippen molar-refractivity contribution in [3.8, 4) is 5.75 Å². The fraction of sp³-hybridized carbons (Fsp3) is 0.542. The van der Waals surface area contributed by atoms with Crippen LogP contribution < -0.4 is 10.2 Å². The topological polar surface area (TPSA) is 54.3 Å². The van der Waals surface area contributed by atoms with Crippen molar-refractivity contribution >= 4 is 47.0 Å². The lowest BCUT2D eigenvalue weighted by atomic mass is 9.98. The maximum Gasteiger partial charge on any atom is 0.194 e. The summed E-state index contributed by atoms with van der Waals surface area (Å²) in [6, 6.07) is 12.0. The number of phenols is 1. The lowest BCUT2D eigenvalue weighted by Crippen LogP contribution is -2.52. The summed E-state index contributed by atoms with van der Waals surface area (Å²) in [6.07, 6.45) is 2.53. The van der Waals surface area contributed by atoms with Gasteiger partial charge in [-0.25, -0.2) is 0 Å². The Hall–Kier alpha value is -1.52. The van der Waals surface area contributed by atoms with Crippen LogP contribution in [0.2, 0.25) is 0 Å². The van der Waals surface area contributed by atoms with Gasteiger partial charge in [-0.1, -0.05) is 18.2 Å². The molecule has 0 amide bonds. The molecule has 1 aromatic carbocycles. The van der Waals surface area contributed by atoms with Gasteiger partial charge in [0.15, 0.2) is 5.96 Å². The van der Waals surface area contributed by atoms with Crippen molar-refractivity contribution < 1.29 is 5.11 Å². The number of anilines is 1. The average molecular weight is 570 g/mol. The van der Waals surface area contributed by atoms with Crippen LogP contribution in [0.3, 0.4) is 0 Å². The summed E-state index contributed by atoms with van der Waals surface area (Å²) in [5.41, 5.74) is 0.928. The van der Waals surface area contributed by atoms with Gasteiger partial charge >= 0.3 is 0 Å². The number of para-hydroxylation sites is 2. The van der Waals surface area contributed by atoms with E-state index >= 15 is 0 Å². The molecule has 2 aromatic rings. The second-order valence-electron chi connectivity index (χ2n) is 8.48. The Morgan fingerprint density at radius 2 is 1.94 bits per heavy atom. The number of aliphatic imine (C=N–C) groups is 1.